The van der Waals surface area contributed by atoms with Gasteiger partial charge >= 0.3 is 0 Å². The second-order valence-corrected chi connectivity index (χ2v) is 10.8. The van der Waals surface area contributed by atoms with Gasteiger partial charge in [-0.25, -0.2) is 0 Å². The van der Waals surface area contributed by atoms with Gasteiger partial charge in [-0.2, -0.15) is 0 Å². The molecule has 2 bridgehead atoms. The van der Waals surface area contributed by atoms with Gasteiger partial charge in [0.2, 0.25) is 0 Å². The van der Waals surface area contributed by atoms with E-state index in [0.29, 0.717) is 23.7 Å². The van der Waals surface area contributed by atoms with E-state index in [1.807, 2.05) is 5.57 Å². The van der Waals surface area contributed by atoms with E-state index < -0.39 is 0 Å². The summed E-state index contributed by atoms with van der Waals surface area (Å²) < 4.78 is 0. The maximum Gasteiger partial charge on any atom is 0.0264 e. The van der Waals surface area contributed by atoms with Gasteiger partial charge in [0.05, 0.1) is 0 Å². The molecular formula is C31H36. The third kappa shape index (κ3) is 2.60. The molecule has 6 aliphatic rings. The molecule has 0 saturated heterocycles. The van der Waals surface area contributed by atoms with E-state index in [-0.39, 0.29) is 0 Å². The van der Waals surface area contributed by atoms with Crippen molar-refractivity contribution < 1.29 is 0 Å². The first-order valence-corrected chi connectivity index (χ1v) is 12.7. The van der Waals surface area contributed by atoms with Crippen LogP contribution < -0.4 is 0 Å². The molecule has 0 aliphatic heterocycles. The molecule has 3 fully saturated rings. The summed E-state index contributed by atoms with van der Waals surface area (Å²) in [6.45, 7) is 16.3. The maximum atomic E-state index is 4.84. The van der Waals surface area contributed by atoms with Crippen molar-refractivity contribution in [3.8, 4) is 0 Å². The fourth-order valence-corrected chi connectivity index (χ4v) is 8.55. The van der Waals surface area contributed by atoms with Crippen LogP contribution in [0.3, 0.4) is 0 Å². The van der Waals surface area contributed by atoms with Crippen LogP contribution in [0.4, 0.5) is 0 Å². The van der Waals surface area contributed by atoms with Crippen molar-refractivity contribution in [3.63, 3.8) is 0 Å². The molecule has 7 rings (SSSR count). The summed E-state index contributed by atoms with van der Waals surface area (Å²) >= 11 is 0. The van der Waals surface area contributed by atoms with Crippen LogP contribution in [0.1, 0.15) is 68.9 Å². The number of benzene rings is 1. The molecule has 0 amide bonds. The predicted octanol–water partition coefficient (Wildman–Crippen LogP) is 8.26. The highest BCUT2D eigenvalue weighted by atomic mass is 14.7. The molecule has 0 heteroatoms. The Morgan fingerprint density at radius 3 is 2.35 bits per heavy atom. The number of hydrogen-bond donors (Lipinski definition) is 0. The summed E-state index contributed by atoms with van der Waals surface area (Å²) in [4.78, 5) is 0. The van der Waals surface area contributed by atoms with Crippen LogP contribution in [0.25, 0.3) is 5.57 Å². The SMILES string of the molecule is C=C(CC)c1ccccc1C1C(=C)C2C3C4=C(CCC=C4)C(C4CCCCC43)C2C1=C. The molecule has 1 aromatic carbocycles. The lowest BCUT2D eigenvalue weighted by Gasteiger charge is -2.59. The summed E-state index contributed by atoms with van der Waals surface area (Å²) in [5, 5.41) is 0. The molecule has 7 unspecified atom stereocenters. The minimum atomic E-state index is 0.296. The Bertz CT molecular complexity index is 1030. The first-order chi connectivity index (χ1) is 15.1. The molecule has 0 spiro atoms. The van der Waals surface area contributed by atoms with Crippen molar-refractivity contribution in [3.05, 3.63) is 89.6 Å². The number of rotatable bonds is 3. The monoisotopic (exact) mass is 408 g/mol. The molecule has 0 N–H and O–H groups in total. The van der Waals surface area contributed by atoms with Crippen LogP contribution in [0.5, 0.6) is 0 Å². The molecule has 6 aliphatic carbocycles. The Morgan fingerprint density at radius 1 is 0.935 bits per heavy atom. The predicted molar refractivity (Wildman–Crippen MR) is 132 cm³/mol. The van der Waals surface area contributed by atoms with Gasteiger partial charge in [0.25, 0.3) is 0 Å². The first kappa shape index (κ1) is 19.6. The summed E-state index contributed by atoms with van der Waals surface area (Å²) in [5.74, 6) is 4.64. The summed E-state index contributed by atoms with van der Waals surface area (Å²) in [6.07, 6.45) is 14.2. The average molecular weight is 409 g/mol. The Kier molecular flexibility index (Phi) is 4.57. The summed E-state index contributed by atoms with van der Waals surface area (Å²) in [7, 11) is 0. The van der Waals surface area contributed by atoms with Gasteiger partial charge in [-0.05, 0) is 89.9 Å². The smallest absolute Gasteiger partial charge is 0.0264 e. The highest BCUT2D eigenvalue weighted by molar-refractivity contribution is 5.69. The Morgan fingerprint density at radius 2 is 1.61 bits per heavy atom. The molecule has 31 heavy (non-hydrogen) atoms. The molecule has 3 saturated carbocycles. The summed E-state index contributed by atoms with van der Waals surface area (Å²) in [6, 6.07) is 8.96. The number of allylic oxidation sites excluding steroid dienone is 7. The zero-order chi connectivity index (χ0) is 21.3. The van der Waals surface area contributed by atoms with Gasteiger partial charge in [0, 0.05) is 5.92 Å². The van der Waals surface area contributed by atoms with Gasteiger partial charge < -0.3 is 0 Å². The Labute approximate surface area is 188 Å². The van der Waals surface area contributed by atoms with Crippen molar-refractivity contribution in [2.75, 3.05) is 0 Å². The lowest BCUT2D eigenvalue weighted by molar-refractivity contribution is 0.00428. The lowest BCUT2D eigenvalue weighted by atomic mass is 9.45. The van der Waals surface area contributed by atoms with Crippen LogP contribution in [0.15, 0.2) is 78.4 Å². The minimum absolute atomic E-state index is 0.296. The highest BCUT2D eigenvalue weighted by Gasteiger charge is 2.61. The third-order valence-corrected chi connectivity index (χ3v) is 9.65. The molecule has 0 nitrogen and oxygen atoms in total. The first-order valence-electron chi connectivity index (χ1n) is 12.7. The molecular weight excluding hydrogens is 372 g/mol. The van der Waals surface area contributed by atoms with Gasteiger partial charge in [-0.3, -0.25) is 0 Å². The fraction of sp³-hybridized carbons (Fsp3) is 0.484. The van der Waals surface area contributed by atoms with Crippen molar-refractivity contribution >= 4 is 5.57 Å². The zero-order valence-electron chi connectivity index (χ0n) is 19.1. The Hall–Kier alpha value is -2.08. The van der Waals surface area contributed by atoms with E-state index in [1.54, 1.807) is 5.57 Å². The van der Waals surface area contributed by atoms with E-state index in [9.17, 15) is 0 Å². The molecule has 160 valence electrons. The summed E-state index contributed by atoms with van der Waals surface area (Å²) in [5.41, 5.74) is 10.4. The van der Waals surface area contributed by atoms with Crippen LogP contribution >= 0.6 is 0 Å². The molecule has 1 aromatic rings. The van der Waals surface area contributed by atoms with E-state index in [0.717, 1.165) is 24.2 Å². The van der Waals surface area contributed by atoms with Gasteiger partial charge in [-0.15, -0.1) is 0 Å². The number of hydrogen-bond acceptors (Lipinski definition) is 0. The van der Waals surface area contributed by atoms with Gasteiger partial charge in [0.15, 0.2) is 0 Å². The van der Waals surface area contributed by atoms with E-state index in [2.05, 4.69) is 49.9 Å². The Balaban J connectivity index is 1.49. The standard InChI is InChI=1S/C31H36/c1-5-18(2)21-12-6-7-13-22(21)27-19(3)28-29(20(27)4)31-25-16-10-8-14-23(25)30(28)24-15-9-11-17-26(24)31/h6-8,12-14,24,26-31H,2-5,9-11,15-17H2,1H3. The van der Waals surface area contributed by atoms with Crippen molar-refractivity contribution in [2.45, 2.75) is 57.8 Å². The lowest BCUT2D eigenvalue weighted by Crippen LogP contribution is -2.52. The highest BCUT2D eigenvalue weighted by Crippen LogP contribution is 2.70. The topological polar surface area (TPSA) is 0 Å². The zero-order valence-corrected chi connectivity index (χ0v) is 19.1. The molecule has 7 atom stereocenters. The minimum Gasteiger partial charge on any atom is -0.0986 e. The van der Waals surface area contributed by atoms with E-state index in [4.69, 9.17) is 13.2 Å². The van der Waals surface area contributed by atoms with Gasteiger partial charge in [-0.1, -0.05) is 92.6 Å². The molecule has 0 aromatic heterocycles. The fourth-order valence-electron chi connectivity index (χ4n) is 8.55. The molecule has 0 heterocycles. The van der Waals surface area contributed by atoms with E-state index >= 15 is 0 Å². The normalized spacial score (nSPS) is 38.2. The van der Waals surface area contributed by atoms with E-state index in [1.165, 1.54) is 66.4 Å². The van der Waals surface area contributed by atoms with Gasteiger partial charge in [0.1, 0.15) is 0 Å². The second-order valence-electron chi connectivity index (χ2n) is 10.8. The van der Waals surface area contributed by atoms with Crippen molar-refractivity contribution in [1.82, 2.24) is 0 Å². The quantitative estimate of drug-likeness (QED) is 0.441. The van der Waals surface area contributed by atoms with Crippen molar-refractivity contribution in [2.24, 2.45) is 35.5 Å². The largest absolute Gasteiger partial charge is 0.0986 e. The van der Waals surface area contributed by atoms with Crippen LogP contribution in [-0.4, -0.2) is 0 Å². The second kappa shape index (κ2) is 7.22. The maximum absolute atomic E-state index is 4.84. The van der Waals surface area contributed by atoms with Crippen LogP contribution in [0, 0.1) is 35.5 Å². The van der Waals surface area contributed by atoms with Crippen LogP contribution in [0.2, 0.25) is 0 Å². The third-order valence-electron chi connectivity index (χ3n) is 9.65. The van der Waals surface area contributed by atoms with Crippen LogP contribution in [-0.2, 0) is 0 Å². The van der Waals surface area contributed by atoms with Crippen molar-refractivity contribution in [1.29, 1.82) is 0 Å². The molecule has 0 radical (unpaired) electrons. The average Bonchev–Trinajstić information content (AvgIpc) is 3.09.